The van der Waals surface area contributed by atoms with Gasteiger partial charge in [-0.1, -0.05) is 17.7 Å². The van der Waals surface area contributed by atoms with Crippen LogP contribution in [-0.4, -0.2) is 37.6 Å². The van der Waals surface area contributed by atoms with Gasteiger partial charge in [0.1, 0.15) is 17.2 Å². The summed E-state index contributed by atoms with van der Waals surface area (Å²) in [4.78, 5) is 1.97. The number of hydrogen-bond donors (Lipinski definition) is 0. The number of ether oxygens (including phenoxy) is 4. The first-order valence-corrected chi connectivity index (χ1v) is 9.47. The molecule has 1 aromatic carbocycles. The van der Waals surface area contributed by atoms with Crippen LogP contribution in [0.1, 0.15) is 19.4 Å². The summed E-state index contributed by atoms with van der Waals surface area (Å²) in [6.45, 7) is 4.79. The summed E-state index contributed by atoms with van der Waals surface area (Å²) in [6, 6.07) is 4.19. The van der Waals surface area contributed by atoms with Gasteiger partial charge in [-0.25, -0.2) is 0 Å². The molecule has 0 bridgehead atoms. The third-order valence-corrected chi connectivity index (χ3v) is 4.76. The third kappa shape index (κ3) is 4.99. The van der Waals surface area contributed by atoms with E-state index in [9.17, 15) is 13.2 Å². The summed E-state index contributed by atoms with van der Waals surface area (Å²) in [7, 11) is 3.12. The van der Waals surface area contributed by atoms with Crippen molar-refractivity contribution in [2.75, 3.05) is 20.8 Å². The van der Waals surface area contributed by atoms with E-state index in [1.54, 1.807) is 26.4 Å². The van der Waals surface area contributed by atoms with Gasteiger partial charge in [-0.2, -0.15) is 0 Å². The second-order valence-electron chi connectivity index (χ2n) is 7.37. The van der Waals surface area contributed by atoms with E-state index in [-0.39, 0.29) is 5.02 Å². The van der Waals surface area contributed by atoms with Gasteiger partial charge in [0.2, 0.25) is 0 Å². The molecule has 1 aliphatic carbocycles. The Balaban J connectivity index is 1.93. The maximum Gasteiger partial charge on any atom is 0.573 e. The smallest absolute Gasteiger partial charge is 0.540 e. The van der Waals surface area contributed by atoms with Crippen LogP contribution in [0.5, 0.6) is 5.75 Å². The fourth-order valence-electron chi connectivity index (χ4n) is 3.36. The first kappa shape index (κ1) is 22.2. The molecule has 0 atom stereocenters. The maximum atomic E-state index is 12.5. The highest BCUT2D eigenvalue weighted by Crippen LogP contribution is 2.40. The number of nitrogens with zero attached hydrogens (tertiary/aromatic N) is 1. The number of methoxy groups -OCH3 is 2. The Morgan fingerprint density at radius 2 is 2.00 bits per heavy atom. The average molecular weight is 445 g/mol. The van der Waals surface area contributed by atoms with Crippen LogP contribution in [0.3, 0.4) is 0 Å². The molecular weight excluding hydrogens is 423 g/mol. The summed E-state index contributed by atoms with van der Waals surface area (Å²) >= 11 is 6.00. The highest BCUT2D eigenvalue weighted by atomic mass is 35.5. The summed E-state index contributed by atoms with van der Waals surface area (Å²) < 4.78 is 58.6. The molecule has 0 N–H and O–H groups in total. The van der Waals surface area contributed by atoms with Gasteiger partial charge in [0.25, 0.3) is 0 Å². The Hall–Kier alpha value is -2.45. The van der Waals surface area contributed by atoms with E-state index >= 15 is 0 Å². The fraction of sp³-hybridized carbons (Fsp3) is 0.381. The minimum atomic E-state index is -4.81. The van der Waals surface area contributed by atoms with Crippen molar-refractivity contribution in [3.8, 4) is 5.75 Å². The lowest BCUT2D eigenvalue weighted by molar-refractivity contribution is -0.274. The monoisotopic (exact) mass is 444 g/mol. The zero-order valence-electron chi connectivity index (χ0n) is 17.0. The van der Waals surface area contributed by atoms with Crippen molar-refractivity contribution in [1.82, 2.24) is 4.90 Å². The van der Waals surface area contributed by atoms with Crippen molar-refractivity contribution >= 4 is 11.6 Å². The van der Waals surface area contributed by atoms with Crippen molar-refractivity contribution in [1.29, 1.82) is 0 Å². The standard InChI is InChI=1S/C21H22ClF3NO4/c1-20(2)12-26(11-13-8-9-15(14(22)10-13)29-21(23,24)25)19(30-20)18-16(27-3)6-5-7-17(18)28-4/h5-10H,11-12H2,1-4H3/q-1. The zero-order chi connectivity index (χ0) is 22.1. The molecule has 0 unspecified atom stereocenters. The molecule has 1 saturated heterocycles. The molecule has 5 nitrogen and oxygen atoms in total. The van der Waals surface area contributed by atoms with Crippen molar-refractivity contribution in [3.05, 3.63) is 70.3 Å². The van der Waals surface area contributed by atoms with Crippen LogP contribution < -0.4 is 4.74 Å². The van der Waals surface area contributed by atoms with Gasteiger partial charge in [-0.3, -0.25) is 0 Å². The molecule has 0 radical (unpaired) electrons. The summed E-state index contributed by atoms with van der Waals surface area (Å²) in [5.41, 5.74) is 0.864. The van der Waals surface area contributed by atoms with Gasteiger partial charge < -0.3 is 23.8 Å². The predicted molar refractivity (Wildman–Crippen MR) is 105 cm³/mol. The average Bonchev–Trinajstić information content (AvgIpc) is 2.96. The SMILES string of the molecule is COC1=CC=C[C-](OC)C1=C1OC(C)(C)CN1Cc1ccc(OC(F)(F)F)c(Cl)c1. The molecule has 164 valence electrons. The van der Waals surface area contributed by atoms with Crippen LogP contribution in [-0.2, 0) is 20.8 Å². The molecule has 2 aliphatic rings. The molecule has 1 fully saturated rings. The Bertz CT molecular complexity index is 893. The van der Waals surface area contributed by atoms with Crippen LogP contribution in [0.25, 0.3) is 0 Å². The summed E-state index contributed by atoms with van der Waals surface area (Å²) in [5.74, 6) is 0.696. The number of rotatable bonds is 5. The normalized spacial score (nSPS) is 20.9. The molecular formula is C21H22ClF3NO4-. The van der Waals surface area contributed by atoms with Crippen LogP contribution in [0.15, 0.2) is 53.6 Å². The number of alkyl halides is 3. The number of allylic oxidation sites excluding steroid dienone is 2. The Kier molecular flexibility index (Phi) is 6.19. The van der Waals surface area contributed by atoms with Crippen molar-refractivity contribution in [2.24, 2.45) is 0 Å². The van der Waals surface area contributed by atoms with Gasteiger partial charge in [0, 0.05) is 19.4 Å². The molecule has 9 heteroatoms. The molecule has 30 heavy (non-hydrogen) atoms. The quantitative estimate of drug-likeness (QED) is 0.573. The molecule has 0 aromatic heterocycles. The number of hydrogen-bond acceptors (Lipinski definition) is 5. The molecule has 1 heterocycles. The fourth-order valence-corrected chi connectivity index (χ4v) is 3.60. The highest BCUT2D eigenvalue weighted by Gasteiger charge is 2.36. The van der Waals surface area contributed by atoms with E-state index in [0.29, 0.717) is 42.0 Å². The largest absolute Gasteiger partial charge is 0.573 e. The zero-order valence-corrected chi connectivity index (χ0v) is 17.7. The molecule has 0 spiro atoms. The van der Waals surface area contributed by atoms with Gasteiger partial charge in [-0.05, 0) is 43.2 Å². The minimum absolute atomic E-state index is 0.124. The maximum absolute atomic E-state index is 12.5. The van der Waals surface area contributed by atoms with Crippen LogP contribution in [0, 0.1) is 6.10 Å². The molecule has 1 aromatic rings. The van der Waals surface area contributed by atoms with Crippen molar-refractivity contribution < 1.29 is 32.1 Å². The van der Waals surface area contributed by atoms with E-state index in [1.807, 2.05) is 24.8 Å². The summed E-state index contributed by atoms with van der Waals surface area (Å²) in [6.07, 6.45) is 1.19. The van der Waals surface area contributed by atoms with Crippen LogP contribution in [0.2, 0.25) is 5.02 Å². The van der Waals surface area contributed by atoms with Crippen molar-refractivity contribution in [3.63, 3.8) is 0 Å². The molecule has 0 amide bonds. The Morgan fingerprint density at radius 3 is 2.60 bits per heavy atom. The van der Waals surface area contributed by atoms with Gasteiger partial charge in [0.05, 0.1) is 18.7 Å². The summed E-state index contributed by atoms with van der Waals surface area (Å²) in [5, 5.41) is -0.124. The van der Waals surface area contributed by atoms with E-state index in [4.69, 9.17) is 25.8 Å². The van der Waals surface area contributed by atoms with Gasteiger partial charge in [0.15, 0.2) is 0 Å². The second-order valence-corrected chi connectivity index (χ2v) is 7.78. The molecule has 3 rings (SSSR count). The van der Waals surface area contributed by atoms with Gasteiger partial charge in [-0.15, -0.1) is 31.4 Å². The van der Waals surface area contributed by atoms with Gasteiger partial charge >= 0.3 is 6.36 Å². The highest BCUT2D eigenvalue weighted by molar-refractivity contribution is 6.32. The lowest BCUT2D eigenvalue weighted by atomic mass is 10.0. The molecule has 1 aliphatic heterocycles. The van der Waals surface area contributed by atoms with E-state index in [1.165, 1.54) is 18.2 Å². The minimum Gasteiger partial charge on any atom is -0.540 e. The first-order chi connectivity index (χ1) is 14.0. The lowest BCUT2D eigenvalue weighted by Crippen LogP contribution is -2.27. The van der Waals surface area contributed by atoms with E-state index in [0.717, 1.165) is 0 Å². The van der Waals surface area contributed by atoms with E-state index < -0.39 is 17.7 Å². The second kappa shape index (κ2) is 8.35. The Morgan fingerprint density at radius 1 is 1.27 bits per heavy atom. The Labute approximate surface area is 178 Å². The van der Waals surface area contributed by atoms with Crippen LogP contribution >= 0.6 is 11.6 Å². The number of halogens is 4. The van der Waals surface area contributed by atoms with Crippen LogP contribution in [0.4, 0.5) is 13.2 Å². The topological polar surface area (TPSA) is 40.2 Å². The predicted octanol–water partition coefficient (Wildman–Crippen LogP) is 5.34. The third-order valence-electron chi connectivity index (χ3n) is 4.47. The molecule has 0 saturated carbocycles. The lowest BCUT2D eigenvalue weighted by Gasteiger charge is -2.33. The van der Waals surface area contributed by atoms with Crippen molar-refractivity contribution in [2.45, 2.75) is 32.4 Å². The first-order valence-electron chi connectivity index (χ1n) is 9.09. The number of benzene rings is 1. The van der Waals surface area contributed by atoms with E-state index in [2.05, 4.69) is 4.74 Å².